The third-order valence-electron chi connectivity index (χ3n) is 3.75. The van der Waals surface area contributed by atoms with Crippen molar-refractivity contribution in [3.8, 4) is 11.8 Å². The summed E-state index contributed by atoms with van der Waals surface area (Å²) in [5, 5.41) is 12.5. The number of thiophene rings is 1. The summed E-state index contributed by atoms with van der Waals surface area (Å²) in [7, 11) is 1.60. The lowest BCUT2D eigenvalue weighted by Crippen LogP contribution is -2.22. The Morgan fingerprint density at radius 2 is 2.08 bits per heavy atom. The second kappa shape index (κ2) is 6.67. The number of nitrogen functional groups attached to an aromatic ring is 2. The van der Waals surface area contributed by atoms with Crippen molar-refractivity contribution in [2.45, 2.75) is 6.54 Å². The van der Waals surface area contributed by atoms with Gasteiger partial charge in [0.05, 0.1) is 18.2 Å². The predicted molar refractivity (Wildman–Crippen MR) is 96.1 cm³/mol. The van der Waals surface area contributed by atoms with Crippen LogP contribution in [0.4, 0.5) is 11.5 Å². The van der Waals surface area contributed by atoms with E-state index in [9.17, 15) is 4.79 Å². The molecule has 0 aliphatic rings. The minimum absolute atomic E-state index is 0.251. The number of hydrogen-bond donors (Lipinski definition) is 3. The highest BCUT2D eigenvalue weighted by molar-refractivity contribution is 7.20. The Morgan fingerprint density at radius 3 is 2.72 bits per heavy atom. The molecule has 0 radical (unpaired) electrons. The molecule has 7 nitrogen and oxygen atoms in total. The number of methoxy groups -OCH3 is 1. The van der Waals surface area contributed by atoms with Gasteiger partial charge in [0, 0.05) is 6.54 Å². The fourth-order valence-corrected chi connectivity index (χ4v) is 3.40. The van der Waals surface area contributed by atoms with E-state index < -0.39 is 0 Å². The molecule has 2 aromatic heterocycles. The fraction of sp³-hybridized carbons (Fsp3) is 0.118. The number of ether oxygens (including phenoxy) is 1. The molecule has 0 atom stereocenters. The Morgan fingerprint density at radius 1 is 1.36 bits per heavy atom. The molecule has 25 heavy (non-hydrogen) atoms. The van der Waals surface area contributed by atoms with Crippen LogP contribution in [0.25, 0.3) is 10.2 Å². The maximum absolute atomic E-state index is 12.5. The number of nitrogens with zero attached hydrogens (tertiary/aromatic N) is 1. The van der Waals surface area contributed by atoms with E-state index in [0.717, 1.165) is 11.3 Å². The summed E-state index contributed by atoms with van der Waals surface area (Å²) in [6, 6.07) is 11.0. The van der Waals surface area contributed by atoms with Crippen LogP contribution in [0.15, 0.2) is 30.3 Å². The quantitative estimate of drug-likeness (QED) is 0.657. The number of aromatic amines is 1. The first kappa shape index (κ1) is 16.5. The van der Waals surface area contributed by atoms with Crippen LogP contribution in [-0.2, 0) is 6.54 Å². The molecule has 0 fully saturated rings. The van der Waals surface area contributed by atoms with Crippen molar-refractivity contribution < 1.29 is 14.5 Å². The summed E-state index contributed by atoms with van der Waals surface area (Å²) in [4.78, 5) is 16.4. The van der Waals surface area contributed by atoms with Crippen LogP contribution in [-0.4, -0.2) is 13.0 Å². The lowest BCUT2D eigenvalue weighted by molar-refractivity contribution is -0.323. The smallest absolute Gasteiger partial charge is 0.289 e. The highest BCUT2D eigenvalue weighted by Gasteiger charge is 2.20. The number of H-pyrrole nitrogens is 1. The van der Waals surface area contributed by atoms with Gasteiger partial charge in [0.2, 0.25) is 0 Å². The molecule has 0 aliphatic heterocycles. The molecular weight excluding hydrogens is 338 g/mol. The first-order valence-corrected chi connectivity index (χ1v) is 8.20. The Kier molecular flexibility index (Phi) is 4.41. The molecule has 1 aromatic carbocycles. The summed E-state index contributed by atoms with van der Waals surface area (Å²) < 4.78 is 5.10. The van der Waals surface area contributed by atoms with Gasteiger partial charge < -0.3 is 15.8 Å². The second-order valence-electron chi connectivity index (χ2n) is 5.33. The summed E-state index contributed by atoms with van der Waals surface area (Å²) >= 11 is 1.20. The lowest BCUT2D eigenvalue weighted by atomic mass is 10.2. The highest BCUT2D eigenvalue weighted by Crippen LogP contribution is 2.32. The maximum atomic E-state index is 12.5. The van der Waals surface area contributed by atoms with Gasteiger partial charge in [-0.05, 0) is 23.8 Å². The van der Waals surface area contributed by atoms with Crippen LogP contribution in [0, 0.1) is 11.3 Å². The first-order valence-electron chi connectivity index (χ1n) is 7.38. The van der Waals surface area contributed by atoms with E-state index in [0.29, 0.717) is 32.9 Å². The molecule has 8 heteroatoms. The Labute approximate surface area is 147 Å². The first-order chi connectivity index (χ1) is 12.0. The van der Waals surface area contributed by atoms with Gasteiger partial charge in [0.25, 0.3) is 11.7 Å². The molecular formula is C17H16N5O2S+. The number of anilines is 2. The number of amides is 1. The number of aromatic nitrogens is 1. The van der Waals surface area contributed by atoms with Crippen molar-refractivity contribution >= 4 is 39.0 Å². The van der Waals surface area contributed by atoms with Crippen LogP contribution in [0.3, 0.4) is 0 Å². The number of carbonyl (C=O) groups is 1. The third-order valence-corrected chi connectivity index (χ3v) is 4.88. The Bertz CT molecular complexity index is 989. The maximum Gasteiger partial charge on any atom is 0.289 e. The van der Waals surface area contributed by atoms with Gasteiger partial charge in [0.1, 0.15) is 22.3 Å². The van der Waals surface area contributed by atoms with Gasteiger partial charge in [-0.25, -0.2) is 4.98 Å². The van der Waals surface area contributed by atoms with Gasteiger partial charge >= 0.3 is 0 Å². The Hall–Kier alpha value is -3.31. The number of hydrogen-bond acceptors (Lipinski definition) is 6. The molecule has 0 spiro atoms. The SMILES string of the molecule is COc1ccc(CNC(=O)c2sc3[nH+]c(N)c(C#N)cc3c2N)cc1. The molecule has 0 saturated heterocycles. The van der Waals surface area contributed by atoms with Crippen molar-refractivity contribution in [3.05, 3.63) is 46.3 Å². The number of fused-ring (bicyclic) bond motifs is 1. The number of rotatable bonds is 4. The van der Waals surface area contributed by atoms with Gasteiger partial charge in [-0.15, -0.1) is 0 Å². The molecule has 1 amide bonds. The van der Waals surface area contributed by atoms with Gasteiger partial charge in [-0.1, -0.05) is 23.5 Å². The van der Waals surface area contributed by atoms with Crippen LogP contribution in [0.5, 0.6) is 5.75 Å². The molecule has 0 saturated carbocycles. The molecule has 3 aromatic rings. The molecule has 6 N–H and O–H groups in total. The average molecular weight is 354 g/mol. The molecule has 0 unspecified atom stereocenters. The normalized spacial score (nSPS) is 10.4. The minimum Gasteiger partial charge on any atom is -0.497 e. The van der Waals surface area contributed by atoms with E-state index in [1.54, 1.807) is 13.2 Å². The largest absolute Gasteiger partial charge is 0.497 e. The zero-order chi connectivity index (χ0) is 18.0. The van der Waals surface area contributed by atoms with Crippen molar-refractivity contribution in [2.24, 2.45) is 0 Å². The van der Waals surface area contributed by atoms with Gasteiger partial charge in [-0.2, -0.15) is 5.26 Å². The van der Waals surface area contributed by atoms with E-state index in [1.807, 2.05) is 30.3 Å². The third kappa shape index (κ3) is 3.18. The van der Waals surface area contributed by atoms with Crippen molar-refractivity contribution in [3.63, 3.8) is 0 Å². The molecule has 0 aliphatic carbocycles. The fourth-order valence-electron chi connectivity index (χ4n) is 2.37. The summed E-state index contributed by atoms with van der Waals surface area (Å²) in [6.07, 6.45) is 0. The molecule has 3 rings (SSSR count). The number of nitrogens with one attached hydrogen (secondary N) is 2. The van der Waals surface area contributed by atoms with Gasteiger partial charge in [-0.3, -0.25) is 10.5 Å². The minimum atomic E-state index is -0.278. The number of nitrogens with two attached hydrogens (primary N) is 2. The summed E-state index contributed by atoms with van der Waals surface area (Å²) in [6.45, 7) is 0.367. The average Bonchev–Trinajstić information content (AvgIpc) is 2.95. The van der Waals surface area contributed by atoms with Crippen molar-refractivity contribution in [1.29, 1.82) is 5.26 Å². The number of benzene rings is 1. The highest BCUT2D eigenvalue weighted by atomic mass is 32.1. The van der Waals surface area contributed by atoms with Crippen molar-refractivity contribution in [2.75, 3.05) is 18.6 Å². The Balaban J connectivity index is 1.82. The molecule has 126 valence electrons. The van der Waals surface area contributed by atoms with E-state index in [-0.39, 0.29) is 11.7 Å². The summed E-state index contributed by atoms with van der Waals surface area (Å²) in [5.74, 6) is 0.728. The predicted octanol–water partition coefficient (Wildman–Crippen LogP) is 1.69. The van der Waals surface area contributed by atoms with Crippen LogP contribution < -0.4 is 26.5 Å². The molecule has 2 heterocycles. The monoisotopic (exact) mass is 354 g/mol. The van der Waals surface area contributed by atoms with Gasteiger partial charge in [0.15, 0.2) is 4.83 Å². The number of pyridine rings is 1. The van der Waals surface area contributed by atoms with E-state index in [4.69, 9.17) is 21.5 Å². The second-order valence-corrected chi connectivity index (χ2v) is 6.35. The number of carbonyl (C=O) groups excluding carboxylic acids is 1. The van der Waals surface area contributed by atoms with Crippen LogP contribution >= 0.6 is 11.3 Å². The molecule has 0 bridgehead atoms. The number of nitriles is 1. The summed E-state index contributed by atoms with van der Waals surface area (Å²) in [5.41, 5.74) is 13.4. The van der Waals surface area contributed by atoms with E-state index in [1.165, 1.54) is 11.3 Å². The zero-order valence-corrected chi connectivity index (χ0v) is 14.2. The van der Waals surface area contributed by atoms with E-state index >= 15 is 0 Å². The van der Waals surface area contributed by atoms with Crippen LogP contribution in [0.2, 0.25) is 0 Å². The van der Waals surface area contributed by atoms with Crippen LogP contribution in [0.1, 0.15) is 20.8 Å². The lowest BCUT2D eigenvalue weighted by Gasteiger charge is -2.05. The standard InChI is InChI=1S/C17H15N5O2S/c1-24-11-4-2-9(3-5-11)8-21-16(23)14-13(19)12-6-10(7-18)15(20)22-17(12)25-14/h2-6H,8,19H2,1H3,(H2,20,22)(H,21,23)/p+1. The van der Waals surface area contributed by atoms with E-state index in [2.05, 4.69) is 10.3 Å². The zero-order valence-electron chi connectivity index (χ0n) is 13.4. The van der Waals surface area contributed by atoms with Crippen molar-refractivity contribution in [1.82, 2.24) is 5.32 Å². The topological polar surface area (TPSA) is 128 Å².